The van der Waals surface area contributed by atoms with Gasteiger partial charge in [-0.25, -0.2) is 4.79 Å². The van der Waals surface area contributed by atoms with Crippen LogP contribution in [-0.4, -0.2) is 47.3 Å². The molecule has 0 unspecified atom stereocenters. The predicted octanol–water partition coefficient (Wildman–Crippen LogP) is 4.10. The van der Waals surface area contributed by atoms with Gasteiger partial charge in [-0.05, 0) is 50.6 Å². The van der Waals surface area contributed by atoms with E-state index in [4.69, 9.17) is 16.3 Å². The van der Waals surface area contributed by atoms with E-state index in [1.165, 1.54) is 6.08 Å². The van der Waals surface area contributed by atoms with E-state index in [2.05, 4.69) is 6.92 Å². The van der Waals surface area contributed by atoms with Crippen LogP contribution >= 0.6 is 11.6 Å². The van der Waals surface area contributed by atoms with Gasteiger partial charge in [-0.1, -0.05) is 30.7 Å². The lowest BCUT2D eigenvalue weighted by molar-refractivity contribution is -0.135. The molecule has 158 valence electrons. The van der Waals surface area contributed by atoms with Crippen molar-refractivity contribution in [3.8, 4) is 5.75 Å². The molecule has 0 aliphatic carbocycles. The van der Waals surface area contributed by atoms with Crippen LogP contribution in [0.25, 0.3) is 0 Å². The highest BCUT2D eigenvalue weighted by molar-refractivity contribution is 6.31. The average Bonchev–Trinajstić information content (AvgIpc) is 3.05. The summed E-state index contributed by atoms with van der Waals surface area (Å²) in [5, 5.41) is 0.629. The number of imide groups is 2. The summed E-state index contributed by atoms with van der Waals surface area (Å²) in [6.45, 7) is 6.62. The highest BCUT2D eigenvalue weighted by Gasteiger charge is 2.40. The van der Waals surface area contributed by atoms with Gasteiger partial charge in [0.2, 0.25) is 5.88 Å². The van der Waals surface area contributed by atoms with Crippen LogP contribution in [0.1, 0.15) is 27.2 Å². The summed E-state index contributed by atoms with van der Waals surface area (Å²) in [5.74, 6) is 0.187. The van der Waals surface area contributed by atoms with Gasteiger partial charge in [0, 0.05) is 24.7 Å². The zero-order valence-corrected chi connectivity index (χ0v) is 18.0. The van der Waals surface area contributed by atoms with Crippen molar-refractivity contribution in [1.29, 1.82) is 0 Å². The molecule has 1 aromatic rings. The molecule has 2 aliphatic heterocycles. The number of anilines is 1. The first-order valence-corrected chi connectivity index (χ1v) is 10.3. The second-order valence-electron chi connectivity index (χ2n) is 6.72. The summed E-state index contributed by atoms with van der Waals surface area (Å²) in [6.07, 6.45) is 7.40. The van der Waals surface area contributed by atoms with Crippen LogP contribution in [0.15, 0.2) is 54.0 Å². The van der Waals surface area contributed by atoms with Crippen molar-refractivity contribution in [2.45, 2.75) is 27.2 Å². The van der Waals surface area contributed by atoms with Crippen LogP contribution in [0.2, 0.25) is 5.02 Å². The first-order chi connectivity index (χ1) is 14.4. The summed E-state index contributed by atoms with van der Waals surface area (Å²) in [5.41, 5.74) is 0.858. The van der Waals surface area contributed by atoms with Crippen LogP contribution in [-0.2, 0) is 9.59 Å². The first-order valence-electron chi connectivity index (χ1n) is 9.94. The third-order valence-electron chi connectivity index (χ3n) is 4.80. The van der Waals surface area contributed by atoms with Crippen molar-refractivity contribution in [3.05, 3.63) is 59.0 Å². The lowest BCUT2D eigenvalue weighted by atomic mass is 10.1. The minimum atomic E-state index is -0.582. The molecule has 1 saturated heterocycles. The fourth-order valence-electron chi connectivity index (χ4n) is 3.34. The second-order valence-corrected chi connectivity index (χ2v) is 7.15. The minimum Gasteiger partial charge on any atom is -0.439 e. The van der Waals surface area contributed by atoms with Gasteiger partial charge in [0.15, 0.2) is 5.75 Å². The maximum atomic E-state index is 12.5. The van der Waals surface area contributed by atoms with Crippen molar-refractivity contribution in [3.63, 3.8) is 0 Å². The molecule has 1 aromatic carbocycles. The van der Waals surface area contributed by atoms with Crippen LogP contribution < -0.4 is 9.64 Å². The van der Waals surface area contributed by atoms with E-state index in [9.17, 15) is 14.4 Å². The fourth-order valence-corrected chi connectivity index (χ4v) is 3.51. The van der Waals surface area contributed by atoms with E-state index in [1.807, 2.05) is 17.0 Å². The molecule has 3 rings (SSSR count). The van der Waals surface area contributed by atoms with Crippen molar-refractivity contribution in [1.82, 2.24) is 9.80 Å². The normalized spacial score (nSPS) is 18.0. The molecule has 2 heterocycles. The Kier molecular flexibility index (Phi) is 6.62. The molecule has 30 heavy (non-hydrogen) atoms. The number of nitrogens with zero attached hydrogens (tertiary/aromatic N) is 3. The van der Waals surface area contributed by atoms with Crippen LogP contribution in [0.3, 0.4) is 0 Å². The molecule has 1 fully saturated rings. The number of benzene rings is 1. The zero-order chi connectivity index (χ0) is 21.8. The summed E-state index contributed by atoms with van der Waals surface area (Å²) in [7, 11) is 0. The van der Waals surface area contributed by atoms with Gasteiger partial charge in [0.25, 0.3) is 11.8 Å². The monoisotopic (exact) mass is 429 g/mol. The molecule has 0 spiro atoms. The molecule has 0 bridgehead atoms. The number of hydrogen-bond acceptors (Lipinski definition) is 5. The van der Waals surface area contributed by atoms with Crippen molar-refractivity contribution in [2.24, 2.45) is 0 Å². The van der Waals surface area contributed by atoms with Crippen molar-refractivity contribution < 1.29 is 19.1 Å². The summed E-state index contributed by atoms with van der Waals surface area (Å²) in [6, 6.07) is 4.87. The minimum absolute atomic E-state index is 0.0410. The van der Waals surface area contributed by atoms with E-state index in [-0.39, 0.29) is 18.7 Å². The molecule has 7 nitrogen and oxygen atoms in total. The Morgan fingerprint density at radius 1 is 0.933 bits per heavy atom. The van der Waals surface area contributed by atoms with Gasteiger partial charge in [-0.3, -0.25) is 19.4 Å². The van der Waals surface area contributed by atoms with Gasteiger partial charge >= 0.3 is 6.03 Å². The lowest BCUT2D eigenvalue weighted by Gasteiger charge is -2.32. The number of ether oxygens (including phenoxy) is 1. The highest BCUT2D eigenvalue weighted by atomic mass is 35.5. The van der Waals surface area contributed by atoms with E-state index in [0.29, 0.717) is 10.9 Å². The van der Waals surface area contributed by atoms with Gasteiger partial charge in [-0.2, -0.15) is 0 Å². The maximum Gasteiger partial charge on any atom is 0.333 e. The zero-order valence-electron chi connectivity index (χ0n) is 17.2. The molecule has 4 amide bonds. The molecule has 0 radical (unpaired) electrons. The van der Waals surface area contributed by atoms with E-state index in [0.717, 1.165) is 34.2 Å². The van der Waals surface area contributed by atoms with Gasteiger partial charge < -0.3 is 9.64 Å². The third kappa shape index (κ3) is 3.98. The number of halogens is 1. The number of rotatable bonds is 6. The Hall–Kier alpha value is -3.06. The summed E-state index contributed by atoms with van der Waals surface area (Å²) < 4.78 is 5.91. The highest BCUT2D eigenvalue weighted by Crippen LogP contribution is 2.40. The molecule has 0 atom stereocenters. The number of fused-ring (bicyclic) bond motifs is 1. The van der Waals surface area contributed by atoms with Crippen molar-refractivity contribution in [2.75, 3.05) is 24.5 Å². The second kappa shape index (κ2) is 9.17. The predicted molar refractivity (Wildman–Crippen MR) is 115 cm³/mol. The topological polar surface area (TPSA) is 70.2 Å². The van der Waals surface area contributed by atoms with E-state index in [1.54, 1.807) is 38.1 Å². The molecule has 2 aliphatic rings. The molecule has 0 saturated carbocycles. The number of amides is 4. The Bertz CT molecular complexity index is 939. The summed E-state index contributed by atoms with van der Waals surface area (Å²) >= 11 is 6.12. The molecule has 0 aromatic heterocycles. The van der Waals surface area contributed by atoms with Gasteiger partial charge in [0.05, 0.1) is 5.69 Å². The number of carbonyl (C=O) groups excluding carboxylic acids is 3. The van der Waals surface area contributed by atoms with E-state index >= 15 is 0 Å². The average molecular weight is 430 g/mol. The Morgan fingerprint density at radius 2 is 1.57 bits per heavy atom. The number of hydrogen-bond donors (Lipinski definition) is 0. The standard InChI is InChI=1S/C22H24ClN3O4/c1-4-13-26-17-14-15(23)11-12-18(17)30-19(26)10-8-7-9-16-20(27)24(5-2)22(29)25(6-3)21(16)28/h7-12,14H,4-6,13H2,1-3H3/b8-7+,19-10-. The molecule has 0 N–H and O–H groups in total. The SMILES string of the molecule is CCCN1/C(=C/C=C/C=C2C(=O)N(CC)C(=O)N(CC)C2=O)Oc2ccc(Cl)cc21. The number of allylic oxidation sites excluding steroid dienone is 4. The third-order valence-corrected chi connectivity index (χ3v) is 5.03. The molecular formula is C22H24ClN3O4. The Balaban J connectivity index is 1.84. The van der Waals surface area contributed by atoms with Crippen LogP contribution in [0, 0.1) is 0 Å². The Labute approximate surface area is 180 Å². The van der Waals surface area contributed by atoms with Crippen LogP contribution in [0.4, 0.5) is 10.5 Å². The smallest absolute Gasteiger partial charge is 0.333 e. The maximum absolute atomic E-state index is 12.5. The molecule has 8 heteroatoms. The largest absolute Gasteiger partial charge is 0.439 e. The lowest BCUT2D eigenvalue weighted by Crippen LogP contribution is -2.56. The number of urea groups is 1. The Morgan fingerprint density at radius 3 is 2.17 bits per heavy atom. The van der Waals surface area contributed by atoms with Crippen molar-refractivity contribution >= 4 is 35.1 Å². The van der Waals surface area contributed by atoms with Crippen LogP contribution in [0.5, 0.6) is 5.75 Å². The molecular weight excluding hydrogens is 406 g/mol. The first kappa shape index (κ1) is 21.6. The quantitative estimate of drug-likeness (QED) is 0.503. The van der Waals surface area contributed by atoms with Gasteiger partial charge in [-0.15, -0.1) is 0 Å². The fraction of sp³-hybridized carbons (Fsp3) is 0.318. The number of likely N-dealkylation sites (N-methyl/N-ethyl adjacent to an activating group) is 2. The van der Waals surface area contributed by atoms with Gasteiger partial charge in [0.1, 0.15) is 5.57 Å². The number of barbiturate groups is 1. The summed E-state index contributed by atoms with van der Waals surface area (Å²) in [4.78, 5) is 41.4. The number of carbonyl (C=O) groups is 3. The van der Waals surface area contributed by atoms with E-state index < -0.39 is 17.8 Å².